The Morgan fingerprint density at radius 1 is 1.38 bits per heavy atom. The highest BCUT2D eigenvalue weighted by atomic mass is 35.5. The molecule has 3 aromatic heterocycles. The van der Waals surface area contributed by atoms with Crippen molar-refractivity contribution in [2.75, 3.05) is 13.1 Å². The van der Waals surface area contributed by atoms with Crippen LogP contribution in [0.2, 0.25) is 5.15 Å². The van der Waals surface area contributed by atoms with Gasteiger partial charge in [0.25, 0.3) is 0 Å². The average Bonchev–Trinajstić information content (AvgIpc) is 3.34. The fourth-order valence-corrected chi connectivity index (χ4v) is 3.92. The maximum Gasteiger partial charge on any atom is 0.134 e. The number of halogens is 1. The van der Waals surface area contributed by atoms with Crippen LogP contribution in [0.5, 0.6) is 0 Å². The first-order valence-corrected chi connectivity index (χ1v) is 9.31. The second kappa shape index (κ2) is 7.25. The van der Waals surface area contributed by atoms with Crippen LogP contribution in [-0.4, -0.2) is 42.5 Å². The van der Waals surface area contributed by atoms with Gasteiger partial charge in [0.2, 0.25) is 0 Å². The van der Waals surface area contributed by atoms with E-state index in [0.717, 1.165) is 48.9 Å². The number of aromatic nitrogens is 5. The van der Waals surface area contributed by atoms with Gasteiger partial charge >= 0.3 is 0 Å². The van der Waals surface area contributed by atoms with Crippen molar-refractivity contribution in [2.24, 2.45) is 13.0 Å². The second-order valence-corrected chi connectivity index (χ2v) is 7.43. The van der Waals surface area contributed by atoms with Gasteiger partial charge in [0.05, 0.1) is 6.33 Å². The molecule has 7 nitrogen and oxygen atoms in total. The van der Waals surface area contributed by atoms with Crippen molar-refractivity contribution in [1.29, 1.82) is 0 Å². The zero-order chi connectivity index (χ0) is 18.1. The normalized spacial score (nSPS) is 18.5. The van der Waals surface area contributed by atoms with E-state index >= 15 is 0 Å². The van der Waals surface area contributed by atoms with Crippen molar-refractivity contribution < 1.29 is 4.52 Å². The number of nitrogens with zero attached hydrogens (tertiary/aromatic N) is 6. The van der Waals surface area contributed by atoms with E-state index in [-0.39, 0.29) is 0 Å². The summed E-state index contributed by atoms with van der Waals surface area (Å²) in [5.74, 6) is 1.39. The third-order valence-electron chi connectivity index (χ3n) is 4.95. The predicted molar refractivity (Wildman–Crippen MR) is 98.7 cm³/mol. The molecule has 26 heavy (non-hydrogen) atoms. The summed E-state index contributed by atoms with van der Waals surface area (Å²) in [4.78, 5) is 6.60. The van der Waals surface area contributed by atoms with Crippen molar-refractivity contribution >= 4 is 11.6 Å². The number of hydrogen-bond donors (Lipinski definition) is 0. The zero-order valence-corrected chi connectivity index (χ0v) is 15.9. The maximum absolute atomic E-state index is 6.54. The first-order chi connectivity index (χ1) is 12.6. The monoisotopic (exact) mass is 374 g/mol. The molecule has 8 heteroatoms. The van der Waals surface area contributed by atoms with Gasteiger partial charge in [-0.15, -0.1) is 0 Å². The van der Waals surface area contributed by atoms with Crippen LogP contribution in [0.4, 0.5) is 0 Å². The number of hydrogen-bond acceptors (Lipinski definition) is 5. The Morgan fingerprint density at radius 3 is 3.00 bits per heavy atom. The molecule has 1 fully saturated rings. The fraction of sp³-hybridized carbons (Fsp3) is 0.500. The lowest BCUT2D eigenvalue weighted by Crippen LogP contribution is -2.36. The molecule has 0 bridgehead atoms. The van der Waals surface area contributed by atoms with Crippen LogP contribution in [-0.2, 0) is 20.1 Å². The minimum absolute atomic E-state index is 0.617. The summed E-state index contributed by atoms with van der Waals surface area (Å²) in [5, 5.41) is 9.35. The number of rotatable bonds is 5. The van der Waals surface area contributed by atoms with E-state index in [1.54, 1.807) is 4.68 Å². The van der Waals surface area contributed by atoms with Crippen molar-refractivity contribution in [3.8, 4) is 11.4 Å². The molecule has 0 aromatic carbocycles. The highest BCUT2D eigenvalue weighted by Gasteiger charge is 2.25. The van der Waals surface area contributed by atoms with E-state index in [1.165, 1.54) is 12.8 Å². The quantitative estimate of drug-likeness (QED) is 0.686. The summed E-state index contributed by atoms with van der Waals surface area (Å²) in [6, 6.07) is 1.90. The van der Waals surface area contributed by atoms with Gasteiger partial charge in [-0.25, -0.2) is 4.98 Å². The minimum Gasteiger partial charge on any atom is -0.361 e. The smallest absolute Gasteiger partial charge is 0.134 e. The van der Waals surface area contributed by atoms with E-state index in [9.17, 15) is 0 Å². The largest absolute Gasteiger partial charge is 0.361 e. The van der Waals surface area contributed by atoms with Crippen LogP contribution in [0.15, 0.2) is 29.3 Å². The number of imidazole rings is 1. The van der Waals surface area contributed by atoms with Gasteiger partial charge in [-0.3, -0.25) is 9.58 Å². The SMILES string of the molecule is Cc1cc(-c2nn(C)c(Cl)c2CN2CCC[C@H](Cn3ccnc3)C2)no1. The predicted octanol–water partition coefficient (Wildman–Crippen LogP) is 3.15. The van der Waals surface area contributed by atoms with Crippen LogP contribution in [0, 0.1) is 12.8 Å². The fourth-order valence-electron chi connectivity index (χ4n) is 3.73. The summed E-state index contributed by atoms with van der Waals surface area (Å²) in [6.45, 7) is 5.77. The standard InChI is InChI=1S/C18H23ClN6O/c1-13-8-16(22-26-13)17-15(18(19)23(2)21-17)11-24-6-3-4-14(9-24)10-25-7-5-20-12-25/h5,7-8,12,14H,3-4,6,9-11H2,1-2H3/t14-/m0/s1. The molecule has 0 spiro atoms. The van der Waals surface area contributed by atoms with Crippen LogP contribution in [0.25, 0.3) is 11.4 Å². The Bertz CT molecular complexity index is 869. The van der Waals surface area contributed by atoms with Crippen LogP contribution in [0.1, 0.15) is 24.2 Å². The van der Waals surface area contributed by atoms with Crippen LogP contribution >= 0.6 is 11.6 Å². The van der Waals surface area contributed by atoms with Gasteiger partial charge in [0, 0.05) is 50.7 Å². The molecule has 1 aliphatic rings. The molecular weight excluding hydrogens is 352 g/mol. The Kier molecular flexibility index (Phi) is 4.82. The van der Waals surface area contributed by atoms with Crippen molar-refractivity contribution in [1.82, 2.24) is 29.4 Å². The average molecular weight is 375 g/mol. The summed E-state index contributed by atoms with van der Waals surface area (Å²) < 4.78 is 9.10. The topological polar surface area (TPSA) is 64.9 Å². The lowest BCUT2D eigenvalue weighted by Gasteiger charge is -2.32. The first kappa shape index (κ1) is 17.3. The van der Waals surface area contributed by atoms with Crippen molar-refractivity contribution in [3.05, 3.63) is 41.3 Å². The number of piperidine rings is 1. The molecule has 0 radical (unpaired) electrons. The Balaban J connectivity index is 1.51. The summed E-state index contributed by atoms with van der Waals surface area (Å²) >= 11 is 6.54. The third-order valence-corrected chi connectivity index (χ3v) is 5.43. The van der Waals surface area contributed by atoms with E-state index in [2.05, 4.69) is 24.7 Å². The Morgan fingerprint density at radius 2 is 2.27 bits per heavy atom. The van der Waals surface area contributed by atoms with Gasteiger partial charge in [-0.2, -0.15) is 5.10 Å². The van der Waals surface area contributed by atoms with E-state index in [1.807, 2.05) is 38.8 Å². The highest BCUT2D eigenvalue weighted by Crippen LogP contribution is 2.30. The minimum atomic E-state index is 0.617. The molecule has 1 aliphatic heterocycles. The van der Waals surface area contributed by atoms with Gasteiger partial charge in [-0.1, -0.05) is 16.8 Å². The molecule has 1 saturated heterocycles. The van der Waals surface area contributed by atoms with E-state index < -0.39 is 0 Å². The Labute approximate surface area is 157 Å². The lowest BCUT2D eigenvalue weighted by molar-refractivity contribution is 0.156. The number of aryl methyl sites for hydroxylation is 2. The van der Waals surface area contributed by atoms with Crippen LogP contribution in [0.3, 0.4) is 0 Å². The molecule has 0 unspecified atom stereocenters. The molecule has 0 N–H and O–H groups in total. The molecule has 4 rings (SSSR count). The van der Waals surface area contributed by atoms with Crippen LogP contribution < -0.4 is 0 Å². The first-order valence-electron chi connectivity index (χ1n) is 8.93. The van der Waals surface area contributed by atoms with Crippen molar-refractivity contribution in [3.63, 3.8) is 0 Å². The molecular formula is C18H23ClN6O. The van der Waals surface area contributed by atoms with Gasteiger partial charge in [0.15, 0.2) is 0 Å². The Hall–Kier alpha value is -2.12. The molecule has 4 heterocycles. The molecule has 0 saturated carbocycles. The number of likely N-dealkylation sites (tertiary alicyclic amines) is 1. The second-order valence-electron chi connectivity index (χ2n) is 7.07. The van der Waals surface area contributed by atoms with Gasteiger partial charge in [-0.05, 0) is 32.2 Å². The summed E-state index contributed by atoms with van der Waals surface area (Å²) in [7, 11) is 1.86. The van der Waals surface area contributed by atoms with Crippen molar-refractivity contribution in [2.45, 2.75) is 32.9 Å². The van der Waals surface area contributed by atoms with Gasteiger partial charge < -0.3 is 9.09 Å². The molecule has 0 aliphatic carbocycles. The maximum atomic E-state index is 6.54. The highest BCUT2D eigenvalue weighted by molar-refractivity contribution is 6.30. The third kappa shape index (κ3) is 3.54. The molecule has 3 aromatic rings. The molecule has 0 amide bonds. The zero-order valence-electron chi connectivity index (χ0n) is 15.1. The van der Waals surface area contributed by atoms with Gasteiger partial charge in [0.1, 0.15) is 22.3 Å². The molecule has 138 valence electrons. The van der Waals surface area contributed by atoms with E-state index in [4.69, 9.17) is 16.1 Å². The molecule has 1 atom stereocenters. The summed E-state index contributed by atoms with van der Waals surface area (Å²) in [5.41, 5.74) is 2.57. The lowest BCUT2D eigenvalue weighted by atomic mass is 9.97. The summed E-state index contributed by atoms with van der Waals surface area (Å²) in [6.07, 6.45) is 8.19. The van der Waals surface area contributed by atoms with E-state index in [0.29, 0.717) is 11.1 Å².